The lowest BCUT2D eigenvalue weighted by molar-refractivity contribution is 0.355. The number of sulfonamides is 1. The van der Waals surface area contributed by atoms with Gasteiger partial charge < -0.3 is 0 Å². The number of rotatable bonds is 5. The number of aromatic nitrogens is 5. The van der Waals surface area contributed by atoms with Crippen LogP contribution in [-0.4, -0.2) is 34.0 Å². The van der Waals surface area contributed by atoms with Crippen molar-refractivity contribution in [2.45, 2.75) is 43.4 Å². The van der Waals surface area contributed by atoms with Gasteiger partial charge in [0.05, 0.1) is 16.0 Å². The van der Waals surface area contributed by atoms with Crippen molar-refractivity contribution in [2.75, 3.05) is 0 Å². The topological polar surface area (TPSA) is 128 Å². The van der Waals surface area contributed by atoms with Crippen LogP contribution in [0.1, 0.15) is 37.7 Å². The lowest BCUT2D eigenvalue weighted by atomic mass is 9.84. The van der Waals surface area contributed by atoms with Crippen molar-refractivity contribution in [1.82, 2.24) is 25.6 Å². The Kier molecular flexibility index (Phi) is 5.44. The summed E-state index contributed by atoms with van der Waals surface area (Å²) in [4.78, 5) is 4.52. The van der Waals surface area contributed by atoms with E-state index in [9.17, 15) is 8.42 Å². The Hall–Kier alpha value is -3.17. The Balaban J connectivity index is 1.78. The molecule has 3 N–H and O–H groups in total. The highest BCUT2D eigenvalue weighted by atomic mass is 32.2. The highest BCUT2D eigenvalue weighted by molar-refractivity contribution is 7.89. The number of aromatic amines is 1. The quantitative estimate of drug-likeness (QED) is 0.477. The number of nitrogens with two attached hydrogens (primary N) is 1. The molecule has 2 aromatic heterocycles. The van der Waals surface area contributed by atoms with E-state index in [4.69, 9.17) is 5.14 Å². The zero-order valence-corrected chi connectivity index (χ0v) is 18.3. The fourth-order valence-electron chi connectivity index (χ4n) is 4.86. The predicted molar refractivity (Wildman–Crippen MR) is 122 cm³/mol. The molecule has 1 saturated carbocycles. The molecule has 0 spiro atoms. The van der Waals surface area contributed by atoms with Crippen molar-refractivity contribution in [2.24, 2.45) is 11.1 Å². The van der Waals surface area contributed by atoms with Gasteiger partial charge in [-0.3, -0.25) is 4.98 Å². The number of benzene rings is 2. The minimum Gasteiger partial charge on any atom is -0.256 e. The summed E-state index contributed by atoms with van der Waals surface area (Å²) in [6, 6.07) is 13.4. The number of tetrazole rings is 1. The van der Waals surface area contributed by atoms with Gasteiger partial charge in [0.1, 0.15) is 0 Å². The number of para-hydroxylation sites is 1. The number of pyridine rings is 1. The van der Waals surface area contributed by atoms with Gasteiger partial charge in [-0.15, -0.1) is 10.2 Å². The van der Waals surface area contributed by atoms with E-state index in [1.807, 2.05) is 42.5 Å². The second kappa shape index (κ2) is 8.40. The van der Waals surface area contributed by atoms with Gasteiger partial charge in [0.2, 0.25) is 15.8 Å². The molecule has 5 rings (SSSR count). The van der Waals surface area contributed by atoms with Crippen LogP contribution in [0.5, 0.6) is 0 Å². The molecule has 32 heavy (non-hydrogen) atoms. The molecule has 0 bridgehead atoms. The van der Waals surface area contributed by atoms with E-state index in [1.54, 1.807) is 6.20 Å². The third-order valence-corrected chi connectivity index (χ3v) is 7.30. The average molecular weight is 449 g/mol. The Morgan fingerprint density at radius 2 is 1.81 bits per heavy atom. The molecule has 0 unspecified atom stereocenters. The molecular weight excluding hydrogens is 424 g/mol. The van der Waals surface area contributed by atoms with E-state index in [0.29, 0.717) is 29.0 Å². The smallest absolute Gasteiger partial charge is 0.239 e. The molecular formula is C23H24N6O2S. The molecule has 4 aromatic rings. The summed E-state index contributed by atoms with van der Waals surface area (Å²) in [5, 5.41) is 21.1. The molecule has 0 radical (unpaired) electrons. The van der Waals surface area contributed by atoms with Crippen LogP contribution in [0.4, 0.5) is 0 Å². The molecule has 8 nitrogen and oxygen atoms in total. The van der Waals surface area contributed by atoms with Crippen LogP contribution in [0.25, 0.3) is 33.4 Å². The number of primary sulfonamides is 1. The number of hydrogen-bond donors (Lipinski definition) is 2. The molecule has 1 fully saturated rings. The number of nitrogens with zero attached hydrogens (tertiary/aromatic N) is 4. The maximum atomic E-state index is 12.9. The van der Waals surface area contributed by atoms with Gasteiger partial charge in [0.15, 0.2) is 0 Å². The lowest BCUT2D eigenvalue weighted by Gasteiger charge is -2.24. The standard InChI is InChI=1S/C23H24N6O2S/c24-32(30,31)22-16(14-15-6-2-1-3-7-15)10-11-19(21(22)23-26-28-29-27-23)17-12-13-25-20-9-5-4-8-18(17)20/h4-5,8-13,15H,1-3,6-7,14H2,(H2,24,30,31)(H,26,27,28,29). The minimum atomic E-state index is -4.06. The van der Waals surface area contributed by atoms with Crippen LogP contribution >= 0.6 is 0 Å². The Morgan fingerprint density at radius 1 is 1.00 bits per heavy atom. The van der Waals surface area contributed by atoms with Crippen molar-refractivity contribution in [3.8, 4) is 22.5 Å². The van der Waals surface area contributed by atoms with E-state index in [1.165, 1.54) is 19.3 Å². The Labute approximate surface area is 186 Å². The molecule has 9 heteroatoms. The molecule has 164 valence electrons. The first-order valence-electron chi connectivity index (χ1n) is 10.8. The number of H-pyrrole nitrogens is 1. The molecule has 0 saturated heterocycles. The van der Waals surface area contributed by atoms with Gasteiger partial charge in [-0.05, 0) is 46.4 Å². The first-order valence-corrected chi connectivity index (χ1v) is 12.3. The first kappa shape index (κ1) is 20.7. The SMILES string of the molecule is NS(=O)(=O)c1c(CC2CCCCC2)ccc(-c2ccnc3ccccc23)c1-c1nn[nH]n1. The van der Waals surface area contributed by atoms with Crippen LogP contribution in [-0.2, 0) is 16.4 Å². The highest BCUT2D eigenvalue weighted by Crippen LogP contribution is 2.40. The van der Waals surface area contributed by atoms with Gasteiger partial charge >= 0.3 is 0 Å². The van der Waals surface area contributed by atoms with Gasteiger partial charge in [-0.1, -0.05) is 62.4 Å². The number of nitrogens with one attached hydrogen (secondary N) is 1. The predicted octanol–water partition coefficient (Wildman–Crippen LogP) is 3.85. The van der Waals surface area contributed by atoms with Gasteiger partial charge in [-0.25, -0.2) is 13.6 Å². The fraction of sp³-hybridized carbons (Fsp3) is 0.304. The summed E-state index contributed by atoms with van der Waals surface area (Å²) in [5.41, 5.74) is 3.42. The van der Waals surface area contributed by atoms with Crippen molar-refractivity contribution in [3.05, 3.63) is 54.2 Å². The maximum Gasteiger partial charge on any atom is 0.239 e. The minimum absolute atomic E-state index is 0.0860. The average Bonchev–Trinajstić information content (AvgIpc) is 3.33. The van der Waals surface area contributed by atoms with E-state index in [2.05, 4.69) is 25.6 Å². The lowest BCUT2D eigenvalue weighted by Crippen LogP contribution is -2.19. The molecule has 0 amide bonds. The summed E-state index contributed by atoms with van der Waals surface area (Å²) < 4.78 is 25.9. The van der Waals surface area contributed by atoms with Crippen molar-refractivity contribution < 1.29 is 8.42 Å². The highest BCUT2D eigenvalue weighted by Gasteiger charge is 2.28. The third-order valence-electron chi connectivity index (χ3n) is 6.27. The molecule has 2 heterocycles. The monoisotopic (exact) mass is 448 g/mol. The van der Waals surface area contributed by atoms with Crippen molar-refractivity contribution in [3.63, 3.8) is 0 Å². The summed E-state index contributed by atoms with van der Waals surface area (Å²) in [6.07, 6.45) is 8.15. The van der Waals surface area contributed by atoms with Gasteiger partial charge in [0.25, 0.3) is 0 Å². The molecule has 1 aliphatic rings. The number of hydrogen-bond acceptors (Lipinski definition) is 6. The van der Waals surface area contributed by atoms with Crippen LogP contribution in [0.2, 0.25) is 0 Å². The summed E-state index contributed by atoms with van der Waals surface area (Å²) in [5.74, 6) is 0.644. The van der Waals surface area contributed by atoms with Crippen molar-refractivity contribution >= 4 is 20.9 Å². The molecule has 1 aliphatic carbocycles. The molecule has 0 aliphatic heterocycles. The van der Waals surface area contributed by atoms with Crippen LogP contribution < -0.4 is 5.14 Å². The summed E-state index contributed by atoms with van der Waals surface area (Å²) in [6.45, 7) is 0. The molecule has 2 aromatic carbocycles. The Morgan fingerprint density at radius 3 is 2.56 bits per heavy atom. The second-order valence-electron chi connectivity index (χ2n) is 8.34. The van der Waals surface area contributed by atoms with Crippen LogP contribution in [0.3, 0.4) is 0 Å². The summed E-state index contributed by atoms with van der Waals surface area (Å²) in [7, 11) is -4.06. The molecule has 0 atom stereocenters. The third kappa shape index (κ3) is 3.89. The van der Waals surface area contributed by atoms with E-state index in [0.717, 1.165) is 29.3 Å². The van der Waals surface area contributed by atoms with Gasteiger partial charge in [0, 0.05) is 11.6 Å². The largest absolute Gasteiger partial charge is 0.256 e. The van der Waals surface area contributed by atoms with Gasteiger partial charge in [-0.2, -0.15) is 5.21 Å². The number of fused-ring (bicyclic) bond motifs is 1. The fourth-order valence-corrected chi connectivity index (χ4v) is 5.86. The van der Waals surface area contributed by atoms with Crippen molar-refractivity contribution in [1.29, 1.82) is 0 Å². The normalized spacial score (nSPS) is 15.3. The van der Waals surface area contributed by atoms with E-state index in [-0.39, 0.29) is 10.7 Å². The summed E-state index contributed by atoms with van der Waals surface area (Å²) >= 11 is 0. The van der Waals surface area contributed by atoms with Crippen LogP contribution in [0, 0.1) is 5.92 Å². The van der Waals surface area contributed by atoms with Crippen LogP contribution in [0.15, 0.2) is 53.6 Å². The zero-order valence-electron chi connectivity index (χ0n) is 17.5. The second-order valence-corrected chi connectivity index (χ2v) is 9.84. The van der Waals surface area contributed by atoms with E-state index >= 15 is 0 Å². The Bertz CT molecular complexity index is 1360. The zero-order chi connectivity index (χ0) is 22.1. The first-order chi connectivity index (χ1) is 15.5. The van der Waals surface area contributed by atoms with E-state index < -0.39 is 10.0 Å². The maximum absolute atomic E-state index is 12.9.